The molecule has 1 aromatic heterocycles. The second-order valence-corrected chi connectivity index (χ2v) is 8.77. The fourth-order valence-electron chi connectivity index (χ4n) is 3.48. The highest BCUT2D eigenvalue weighted by atomic mass is 32.2. The van der Waals surface area contributed by atoms with Gasteiger partial charge in [0.1, 0.15) is 5.82 Å². The number of ether oxygens (including phenoxy) is 2. The molecular weight excluding hydrogens is 448 g/mol. The quantitative estimate of drug-likeness (QED) is 0.431. The number of nitrogens with one attached hydrogen (secondary N) is 2. The summed E-state index contributed by atoms with van der Waals surface area (Å²) in [5, 5.41) is 2.85. The van der Waals surface area contributed by atoms with Gasteiger partial charge in [-0.05, 0) is 62.2 Å². The minimum atomic E-state index is -3.71. The number of fused-ring (bicyclic) bond motifs is 1. The van der Waals surface area contributed by atoms with Crippen molar-refractivity contribution in [1.29, 1.82) is 0 Å². The third-order valence-corrected chi connectivity index (χ3v) is 5.82. The summed E-state index contributed by atoms with van der Waals surface area (Å²) in [6.07, 6.45) is -1.77. The minimum Gasteiger partial charge on any atom is -0.395 e. The SMILES string of the molecule is CSNc1cccc(-c2nc(NC(=O)C(C)(C)c3ccc4c(c3)OC(F)(F)O4)ccc2C)c1. The van der Waals surface area contributed by atoms with Crippen LogP contribution in [0.1, 0.15) is 25.0 Å². The fraction of sp³-hybridized carbons (Fsp3) is 0.250. The largest absolute Gasteiger partial charge is 0.586 e. The molecule has 0 spiro atoms. The molecule has 0 aliphatic carbocycles. The van der Waals surface area contributed by atoms with Crippen molar-refractivity contribution in [1.82, 2.24) is 4.98 Å². The van der Waals surface area contributed by atoms with Crippen LogP contribution < -0.4 is 19.5 Å². The number of hydrogen-bond donors (Lipinski definition) is 2. The Morgan fingerprint density at radius 2 is 1.82 bits per heavy atom. The summed E-state index contributed by atoms with van der Waals surface area (Å²) < 4.78 is 38.9. The molecule has 33 heavy (non-hydrogen) atoms. The molecule has 0 saturated heterocycles. The van der Waals surface area contributed by atoms with Crippen molar-refractivity contribution in [3.05, 3.63) is 65.7 Å². The molecule has 0 bridgehead atoms. The van der Waals surface area contributed by atoms with Crippen LogP contribution in [0.5, 0.6) is 11.5 Å². The van der Waals surface area contributed by atoms with Crippen LogP contribution in [-0.4, -0.2) is 23.4 Å². The highest BCUT2D eigenvalue weighted by molar-refractivity contribution is 7.99. The van der Waals surface area contributed by atoms with Crippen LogP contribution in [0.3, 0.4) is 0 Å². The van der Waals surface area contributed by atoms with E-state index >= 15 is 0 Å². The second-order valence-electron chi connectivity index (χ2n) is 8.16. The summed E-state index contributed by atoms with van der Waals surface area (Å²) >= 11 is 1.50. The number of halogens is 2. The Bertz CT molecular complexity index is 1220. The lowest BCUT2D eigenvalue weighted by Crippen LogP contribution is -2.35. The topological polar surface area (TPSA) is 72.5 Å². The van der Waals surface area contributed by atoms with Gasteiger partial charge in [-0.3, -0.25) is 4.79 Å². The van der Waals surface area contributed by atoms with Gasteiger partial charge in [0.2, 0.25) is 5.91 Å². The third kappa shape index (κ3) is 4.73. The molecule has 0 unspecified atom stereocenters. The molecule has 2 aromatic carbocycles. The van der Waals surface area contributed by atoms with E-state index in [4.69, 9.17) is 0 Å². The van der Waals surface area contributed by atoms with Gasteiger partial charge in [-0.15, -0.1) is 8.78 Å². The molecule has 0 saturated carbocycles. The number of pyridine rings is 1. The van der Waals surface area contributed by atoms with Gasteiger partial charge in [0.15, 0.2) is 11.5 Å². The van der Waals surface area contributed by atoms with Crippen LogP contribution in [0.25, 0.3) is 11.3 Å². The normalized spacial score (nSPS) is 14.1. The molecule has 0 atom stereocenters. The maximum atomic E-state index is 13.4. The first-order valence-electron chi connectivity index (χ1n) is 10.2. The molecule has 1 amide bonds. The summed E-state index contributed by atoms with van der Waals surface area (Å²) in [6, 6.07) is 15.8. The smallest absolute Gasteiger partial charge is 0.395 e. The molecule has 1 aliphatic heterocycles. The lowest BCUT2D eigenvalue weighted by Gasteiger charge is -2.24. The highest BCUT2D eigenvalue weighted by Gasteiger charge is 2.44. The van der Waals surface area contributed by atoms with Gasteiger partial charge in [0.05, 0.1) is 11.1 Å². The molecule has 2 heterocycles. The lowest BCUT2D eigenvalue weighted by molar-refractivity contribution is -0.286. The first-order chi connectivity index (χ1) is 15.6. The third-order valence-electron chi connectivity index (χ3n) is 5.39. The minimum absolute atomic E-state index is 0.0667. The monoisotopic (exact) mass is 471 g/mol. The van der Waals surface area contributed by atoms with E-state index in [1.165, 1.54) is 24.1 Å². The zero-order chi connectivity index (χ0) is 23.8. The van der Waals surface area contributed by atoms with Crippen LogP contribution in [0.2, 0.25) is 0 Å². The Morgan fingerprint density at radius 1 is 1.06 bits per heavy atom. The molecule has 172 valence electrons. The van der Waals surface area contributed by atoms with E-state index in [-0.39, 0.29) is 17.4 Å². The average Bonchev–Trinajstić information content (AvgIpc) is 3.08. The predicted octanol–water partition coefficient (Wildman–Crippen LogP) is 5.98. The Hall–Kier alpha value is -3.33. The van der Waals surface area contributed by atoms with Gasteiger partial charge in [-0.1, -0.05) is 36.2 Å². The van der Waals surface area contributed by atoms with Crippen molar-refractivity contribution < 1.29 is 23.0 Å². The number of carbonyl (C=O) groups is 1. The highest BCUT2D eigenvalue weighted by Crippen LogP contribution is 2.43. The van der Waals surface area contributed by atoms with Crippen LogP contribution in [-0.2, 0) is 10.2 Å². The number of aryl methyl sites for hydroxylation is 1. The van der Waals surface area contributed by atoms with Gasteiger partial charge in [0, 0.05) is 17.5 Å². The molecular formula is C24H23F2N3O3S. The van der Waals surface area contributed by atoms with Gasteiger partial charge >= 0.3 is 6.29 Å². The molecule has 6 nitrogen and oxygen atoms in total. The maximum Gasteiger partial charge on any atom is 0.586 e. The first kappa shape index (κ1) is 22.8. The molecule has 1 aliphatic rings. The van der Waals surface area contributed by atoms with E-state index in [1.807, 2.05) is 43.5 Å². The second kappa shape index (κ2) is 8.55. The molecule has 3 aromatic rings. The zero-order valence-electron chi connectivity index (χ0n) is 18.5. The number of anilines is 2. The van der Waals surface area contributed by atoms with Crippen LogP contribution in [0.4, 0.5) is 20.3 Å². The van der Waals surface area contributed by atoms with Gasteiger partial charge < -0.3 is 19.5 Å². The first-order valence-corrected chi connectivity index (χ1v) is 11.4. The van der Waals surface area contributed by atoms with E-state index in [0.29, 0.717) is 11.4 Å². The van der Waals surface area contributed by atoms with Crippen molar-refractivity contribution in [3.8, 4) is 22.8 Å². The number of carbonyl (C=O) groups excluding carboxylic acids is 1. The van der Waals surface area contributed by atoms with Crippen molar-refractivity contribution in [2.24, 2.45) is 0 Å². The number of alkyl halides is 2. The van der Waals surface area contributed by atoms with Gasteiger partial charge in [-0.25, -0.2) is 4.98 Å². The summed E-state index contributed by atoms with van der Waals surface area (Å²) in [5.74, 6) is -0.117. The summed E-state index contributed by atoms with van der Waals surface area (Å²) in [6.45, 7) is 5.35. The number of hydrogen-bond acceptors (Lipinski definition) is 6. The van der Waals surface area contributed by atoms with Gasteiger partial charge in [-0.2, -0.15) is 0 Å². The molecule has 4 rings (SSSR count). The van der Waals surface area contributed by atoms with Crippen molar-refractivity contribution >= 4 is 29.4 Å². The Morgan fingerprint density at radius 3 is 2.58 bits per heavy atom. The van der Waals surface area contributed by atoms with Crippen LogP contribution in [0.15, 0.2) is 54.6 Å². The number of aromatic nitrogens is 1. The van der Waals surface area contributed by atoms with Crippen LogP contribution >= 0.6 is 11.9 Å². The average molecular weight is 472 g/mol. The lowest BCUT2D eigenvalue weighted by atomic mass is 9.83. The fourth-order valence-corrected chi connectivity index (χ4v) is 3.84. The van der Waals surface area contributed by atoms with Crippen molar-refractivity contribution in [3.63, 3.8) is 0 Å². The van der Waals surface area contributed by atoms with E-state index < -0.39 is 11.7 Å². The Balaban J connectivity index is 1.58. The van der Waals surface area contributed by atoms with Crippen LogP contribution in [0, 0.1) is 6.92 Å². The number of nitrogens with zero attached hydrogens (tertiary/aromatic N) is 1. The molecule has 2 N–H and O–H groups in total. The number of rotatable bonds is 6. The molecule has 0 radical (unpaired) electrons. The van der Waals surface area contributed by atoms with E-state index in [0.717, 1.165) is 22.5 Å². The maximum absolute atomic E-state index is 13.4. The summed E-state index contributed by atoms with van der Waals surface area (Å²) in [5.41, 5.74) is 3.03. The summed E-state index contributed by atoms with van der Waals surface area (Å²) in [4.78, 5) is 17.8. The van der Waals surface area contributed by atoms with E-state index in [9.17, 15) is 13.6 Å². The number of amides is 1. The standard InChI is InChI=1S/C24H23F2N3O3S/c1-14-8-11-20(27-21(14)15-6-5-7-17(12-15)29-33-4)28-22(30)23(2,3)16-9-10-18-19(13-16)32-24(25,26)31-18/h5-13,29H,1-4H3,(H,27,28,30). The summed E-state index contributed by atoms with van der Waals surface area (Å²) in [7, 11) is 0. The number of benzene rings is 2. The zero-order valence-corrected chi connectivity index (χ0v) is 19.3. The Labute approximate surface area is 194 Å². The Kier molecular flexibility index (Phi) is 5.92. The van der Waals surface area contributed by atoms with Crippen molar-refractivity contribution in [2.45, 2.75) is 32.5 Å². The van der Waals surface area contributed by atoms with E-state index in [2.05, 4.69) is 24.5 Å². The van der Waals surface area contributed by atoms with Crippen molar-refractivity contribution in [2.75, 3.05) is 16.3 Å². The predicted molar refractivity (Wildman–Crippen MR) is 126 cm³/mol. The van der Waals surface area contributed by atoms with E-state index in [1.54, 1.807) is 26.0 Å². The molecule has 0 fully saturated rings. The van der Waals surface area contributed by atoms with Gasteiger partial charge in [0.25, 0.3) is 0 Å². The molecule has 9 heteroatoms.